The number of halogens is 1. The Labute approximate surface area is 153 Å². The molecule has 23 heavy (non-hydrogen) atoms. The van der Waals surface area contributed by atoms with Gasteiger partial charge >= 0.3 is 0 Å². The van der Waals surface area contributed by atoms with Crippen LogP contribution in [0.4, 0.5) is 0 Å². The van der Waals surface area contributed by atoms with Crippen LogP contribution in [-0.2, 0) is 5.41 Å². The Hall–Kier alpha value is -1.35. The first-order valence-electron chi connectivity index (χ1n) is 8.14. The molecule has 0 radical (unpaired) electrons. The van der Waals surface area contributed by atoms with Gasteiger partial charge in [0.25, 0.3) is 0 Å². The Morgan fingerprint density at radius 1 is 1.30 bits per heavy atom. The first-order chi connectivity index (χ1) is 10.9. The molecular formula is C22H23I. The van der Waals surface area contributed by atoms with Crippen molar-refractivity contribution < 1.29 is 0 Å². The van der Waals surface area contributed by atoms with Crippen molar-refractivity contribution in [3.05, 3.63) is 87.1 Å². The van der Waals surface area contributed by atoms with E-state index in [4.69, 9.17) is 0 Å². The van der Waals surface area contributed by atoms with Crippen LogP contribution in [0.15, 0.2) is 70.4 Å². The van der Waals surface area contributed by atoms with Crippen molar-refractivity contribution in [3.63, 3.8) is 0 Å². The first kappa shape index (κ1) is 16.5. The number of hydrogen-bond donors (Lipinski definition) is 0. The molecule has 0 amide bonds. The van der Waals surface area contributed by atoms with E-state index < -0.39 is 0 Å². The van der Waals surface area contributed by atoms with Crippen molar-refractivity contribution in [2.75, 3.05) is 0 Å². The van der Waals surface area contributed by atoms with Gasteiger partial charge in [0.1, 0.15) is 0 Å². The molecule has 1 aromatic carbocycles. The highest BCUT2D eigenvalue weighted by molar-refractivity contribution is 14.1. The summed E-state index contributed by atoms with van der Waals surface area (Å²) in [6.07, 6.45) is 14.1. The second kappa shape index (κ2) is 6.27. The van der Waals surface area contributed by atoms with Crippen LogP contribution in [0.25, 0.3) is 5.57 Å². The maximum Gasteiger partial charge on any atom is 0.0118 e. The molecule has 0 nitrogen and oxygen atoms in total. The van der Waals surface area contributed by atoms with Crippen LogP contribution in [0.5, 0.6) is 0 Å². The van der Waals surface area contributed by atoms with Crippen LogP contribution in [-0.4, -0.2) is 0 Å². The Kier molecular flexibility index (Phi) is 4.50. The molecule has 0 aliphatic heterocycles. The lowest BCUT2D eigenvalue weighted by Crippen LogP contribution is -2.16. The smallest absolute Gasteiger partial charge is 0.0118 e. The van der Waals surface area contributed by atoms with E-state index in [9.17, 15) is 0 Å². The molecule has 0 saturated heterocycles. The third-order valence-corrected chi connectivity index (χ3v) is 6.03. The molecule has 2 aliphatic rings. The molecule has 2 aliphatic carbocycles. The molecule has 1 aromatic rings. The summed E-state index contributed by atoms with van der Waals surface area (Å²) < 4.78 is 1.34. The van der Waals surface area contributed by atoms with E-state index in [-0.39, 0.29) is 5.41 Å². The van der Waals surface area contributed by atoms with E-state index >= 15 is 0 Å². The highest BCUT2D eigenvalue weighted by Crippen LogP contribution is 2.47. The van der Waals surface area contributed by atoms with Crippen molar-refractivity contribution in [1.29, 1.82) is 0 Å². The summed E-state index contributed by atoms with van der Waals surface area (Å²) in [5.74, 6) is 0.502. The maximum atomic E-state index is 3.80. The van der Waals surface area contributed by atoms with Crippen LogP contribution in [0.2, 0.25) is 0 Å². The molecule has 0 bridgehead atoms. The third-order valence-electron chi connectivity index (χ3n) is 5.23. The monoisotopic (exact) mass is 414 g/mol. The molecule has 0 saturated carbocycles. The molecule has 1 atom stereocenters. The van der Waals surface area contributed by atoms with Crippen LogP contribution >= 0.6 is 22.6 Å². The van der Waals surface area contributed by atoms with Gasteiger partial charge in [-0.3, -0.25) is 0 Å². The second-order valence-electron chi connectivity index (χ2n) is 6.85. The fourth-order valence-electron chi connectivity index (χ4n) is 3.51. The second-order valence-corrected chi connectivity index (χ2v) is 8.10. The van der Waals surface area contributed by atoms with Crippen molar-refractivity contribution in [2.45, 2.75) is 38.5 Å². The zero-order chi connectivity index (χ0) is 16.6. The third kappa shape index (κ3) is 2.91. The average Bonchev–Trinajstić information content (AvgIpc) is 2.73. The Balaban J connectivity index is 2.03. The molecule has 0 unspecified atom stereocenters. The van der Waals surface area contributed by atoms with Crippen molar-refractivity contribution >= 4 is 28.2 Å². The van der Waals surface area contributed by atoms with Crippen LogP contribution in [0.1, 0.15) is 49.8 Å². The van der Waals surface area contributed by atoms with Gasteiger partial charge in [-0.2, -0.15) is 0 Å². The molecule has 0 spiro atoms. The van der Waals surface area contributed by atoms with E-state index in [1.165, 1.54) is 31.4 Å². The number of benzene rings is 1. The van der Waals surface area contributed by atoms with Gasteiger partial charge in [-0.05, 0) is 58.2 Å². The summed E-state index contributed by atoms with van der Waals surface area (Å²) in [4.78, 5) is 0. The summed E-state index contributed by atoms with van der Waals surface area (Å²) in [5.41, 5.74) is 7.14. The minimum atomic E-state index is 0.0921. The van der Waals surface area contributed by atoms with Crippen LogP contribution < -0.4 is 0 Å². The number of hydrogen-bond acceptors (Lipinski definition) is 0. The van der Waals surface area contributed by atoms with Gasteiger partial charge in [0.15, 0.2) is 0 Å². The fraction of sp³-hybridized carbons (Fsp3) is 0.273. The van der Waals surface area contributed by atoms with E-state index in [0.29, 0.717) is 5.92 Å². The van der Waals surface area contributed by atoms with Gasteiger partial charge in [-0.1, -0.05) is 80.7 Å². The zero-order valence-electron chi connectivity index (χ0n) is 14.1. The summed E-state index contributed by atoms with van der Waals surface area (Å²) in [7, 11) is 0. The highest BCUT2D eigenvalue weighted by atomic mass is 127. The molecule has 0 heterocycles. The summed E-state index contributed by atoms with van der Waals surface area (Å²) in [5, 5.41) is 0. The number of rotatable bonds is 3. The van der Waals surface area contributed by atoms with Gasteiger partial charge in [-0.25, -0.2) is 0 Å². The largest absolute Gasteiger partial charge is 0.0991 e. The van der Waals surface area contributed by atoms with Gasteiger partial charge in [0, 0.05) is 14.9 Å². The van der Waals surface area contributed by atoms with Crippen molar-refractivity contribution in [1.82, 2.24) is 0 Å². The molecule has 3 rings (SSSR count). The summed E-state index contributed by atoms with van der Waals surface area (Å²) in [6.45, 7) is 10.7. The maximum absolute atomic E-state index is 3.80. The minimum Gasteiger partial charge on any atom is -0.0991 e. The van der Waals surface area contributed by atoms with Gasteiger partial charge in [-0.15, -0.1) is 0 Å². The first-order valence-corrected chi connectivity index (χ1v) is 9.22. The highest BCUT2D eigenvalue weighted by Gasteiger charge is 2.34. The van der Waals surface area contributed by atoms with Gasteiger partial charge in [0.05, 0.1) is 0 Å². The van der Waals surface area contributed by atoms with Crippen LogP contribution in [0.3, 0.4) is 0 Å². The lowest BCUT2D eigenvalue weighted by molar-refractivity contribution is 0.637. The summed E-state index contributed by atoms with van der Waals surface area (Å²) in [6, 6.07) is 7.04. The molecule has 0 aromatic heterocycles. The van der Waals surface area contributed by atoms with E-state index in [2.05, 4.69) is 92.4 Å². The standard InChI is InChI=1S/C22H23I/c1-5-6-7-19-15(2)22(3,4)21-14-17(10-13-20(19)21)16-8-11-18(23)12-9-16/h5-8,10-14,16H,1,9H2,2-4H3/b7-6-/t16-/m1/s1. The minimum absolute atomic E-state index is 0.0921. The van der Waals surface area contributed by atoms with Gasteiger partial charge in [0.2, 0.25) is 0 Å². The SMILES string of the molecule is C=C/C=C\C1=C(C)C(C)(C)c2cc([C@@H]3C=CC(I)=CC3)ccc21. The Morgan fingerprint density at radius 2 is 2.09 bits per heavy atom. The van der Waals surface area contributed by atoms with Crippen molar-refractivity contribution in [2.24, 2.45) is 0 Å². The Bertz CT molecular complexity index is 769. The van der Waals surface area contributed by atoms with E-state index in [1.54, 1.807) is 0 Å². The molecule has 118 valence electrons. The molecular weight excluding hydrogens is 391 g/mol. The lowest BCUT2D eigenvalue weighted by atomic mass is 9.80. The quantitative estimate of drug-likeness (QED) is 0.375. The normalized spacial score (nSPS) is 22.4. The number of fused-ring (bicyclic) bond motifs is 1. The van der Waals surface area contributed by atoms with Crippen LogP contribution in [0, 0.1) is 0 Å². The predicted molar refractivity (Wildman–Crippen MR) is 110 cm³/mol. The van der Waals surface area contributed by atoms with E-state index in [1.807, 2.05) is 12.2 Å². The zero-order valence-corrected chi connectivity index (χ0v) is 16.2. The van der Waals surface area contributed by atoms with Gasteiger partial charge < -0.3 is 0 Å². The van der Waals surface area contributed by atoms with Crippen molar-refractivity contribution in [3.8, 4) is 0 Å². The molecule has 0 fully saturated rings. The predicted octanol–water partition coefficient (Wildman–Crippen LogP) is 6.86. The Morgan fingerprint density at radius 3 is 2.74 bits per heavy atom. The topological polar surface area (TPSA) is 0 Å². The summed E-state index contributed by atoms with van der Waals surface area (Å²) >= 11 is 2.39. The lowest BCUT2D eigenvalue weighted by Gasteiger charge is -2.24. The fourth-order valence-corrected chi connectivity index (χ4v) is 3.97. The number of allylic oxidation sites excluding steroid dienone is 9. The average molecular weight is 414 g/mol. The molecule has 1 heteroatoms. The molecule has 0 N–H and O–H groups in total. The van der Waals surface area contributed by atoms with E-state index in [0.717, 1.165) is 6.42 Å².